The predicted molar refractivity (Wildman–Crippen MR) is 242 cm³/mol. The van der Waals surface area contributed by atoms with E-state index in [1.807, 2.05) is 28.1 Å². The quantitative estimate of drug-likeness (QED) is 0.0373. The minimum absolute atomic E-state index is 0.0379. The zero-order chi connectivity index (χ0) is 42.1. The number of phosphoric ester groups is 1. The van der Waals surface area contributed by atoms with Crippen molar-refractivity contribution in [1.29, 1.82) is 0 Å². The molecule has 0 spiro atoms. The number of quaternary nitrogens is 1. The van der Waals surface area contributed by atoms with Crippen molar-refractivity contribution in [3.8, 4) is 0 Å². The fourth-order valence-corrected chi connectivity index (χ4v) is 8.22. The van der Waals surface area contributed by atoms with E-state index in [4.69, 9.17) is 13.8 Å². The molecule has 1 N–H and O–H groups in total. The molecule has 2 unspecified atom stereocenters. The van der Waals surface area contributed by atoms with Crippen LogP contribution in [0.3, 0.4) is 0 Å². The molecule has 0 aliphatic rings. The molecule has 0 saturated heterocycles. The molecule has 0 bridgehead atoms. The van der Waals surface area contributed by atoms with E-state index >= 15 is 0 Å². The summed E-state index contributed by atoms with van der Waals surface area (Å²) in [4.78, 5) is 27.7. The van der Waals surface area contributed by atoms with Crippen molar-refractivity contribution in [2.24, 2.45) is 0 Å². The van der Waals surface area contributed by atoms with Crippen LogP contribution >= 0.6 is 7.82 Å². The van der Waals surface area contributed by atoms with Gasteiger partial charge in [-0.2, -0.15) is 0 Å². The highest BCUT2D eigenvalue weighted by atomic mass is 31.2. The number of hydrogen-bond donors (Lipinski definition) is 1. The largest absolute Gasteiger partial charge is 0.756 e. The Bertz CT molecular complexity index is 905. The summed E-state index contributed by atoms with van der Waals surface area (Å²) >= 11 is 0. The first-order valence-electron chi connectivity index (χ1n) is 24.6. The number of urea groups is 1. The Kier molecular flexibility index (Phi) is 40.2. The number of hydrogen-bond acceptors (Lipinski definition) is 6. The third-order valence-electron chi connectivity index (χ3n) is 11.1. The lowest BCUT2D eigenvalue weighted by Crippen LogP contribution is -2.46. The average molecular weight is 832 g/mol. The van der Waals surface area contributed by atoms with Crippen molar-refractivity contribution < 1.29 is 32.5 Å². The van der Waals surface area contributed by atoms with Crippen molar-refractivity contribution in [2.75, 3.05) is 67.1 Å². The van der Waals surface area contributed by atoms with E-state index in [1.165, 1.54) is 173 Å². The molecule has 342 valence electrons. The molecule has 10 heteroatoms. The molecule has 0 saturated carbocycles. The topological polar surface area (TPSA) is 100 Å². The Hall–Kier alpha value is -0.700. The van der Waals surface area contributed by atoms with Crippen LogP contribution in [0.25, 0.3) is 0 Å². The van der Waals surface area contributed by atoms with Gasteiger partial charge in [-0.05, 0) is 19.8 Å². The van der Waals surface area contributed by atoms with Gasteiger partial charge in [-0.25, -0.2) is 4.79 Å². The molecule has 0 aliphatic carbocycles. The molecule has 0 aromatic rings. The van der Waals surface area contributed by atoms with Crippen LogP contribution in [-0.2, 0) is 18.3 Å². The van der Waals surface area contributed by atoms with Crippen molar-refractivity contribution in [1.82, 2.24) is 10.2 Å². The molecular weight excluding hydrogens is 734 g/mol. The Morgan fingerprint density at radius 3 is 1.32 bits per heavy atom. The molecule has 0 heterocycles. The number of unbranched alkanes of at least 4 members (excludes halogenated alkanes) is 30. The minimum Gasteiger partial charge on any atom is -0.756 e. The number of phosphoric acid groups is 1. The van der Waals surface area contributed by atoms with Gasteiger partial charge < -0.3 is 33.4 Å². The maximum atomic E-state index is 13.1. The first-order chi connectivity index (χ1) is 27.5. The summed E-state index contributed by atoms with van der Waals surface area (Å²) in [5.41, 5.74) is 0. The SMILES string of the molecule is CCCCCCCCCCCCCCCCCCCCOCC(CN(CCCCCCCCCCCCCCCC)C(=O)NCC)OP(=O)([O-])OCC[N+](C)(C)C. The number of ether oxygens (including phenoxy) is 1. The Morgan fingerprint density at radius 1 is 0.579 bits per heavy atom. The normalized spacial score (nSPS) is 13.5. The van der Waals surface area contributed by atoms with E-state index in [0.717, 1.165) is 32.1 Å². The highest BCUT2D eigenvalue weighted by Gasteiger charge is 2.25. The summed E-state index contributed by atoms with van der Waals surface area (Å²) in [6.45, 7) is 8.84. The molecule has 9 nitrogen and oxygen atoms in total. The van der Waals surface area contributed by atoms with E-state index in [1.54, 1.807) is 4.90 Å². The van der Waals surface area contributed by atoms with Gasteiger partial charge >= 0.3 is 6.03 Å². The number of rotatable bonds is 45. The van der Waals surface area contributed by atoms with Gasteiger partial charge in [0.05, 0.1) is 34.3 Å². The Morgan fingerprint density at radius 2 is 0.947 bits per heavy atom. The number of nitrogens with zero attached hydrogens (tertiary/aromatic N) is 2. The second-order valence-electron chi connectivity index (χ2n) is 18.0. The maximum absolute atomic E-state index is 13.1. The standard InChI is InChI=1S/C47H98N3O6P/c1-7-10-12-14-16-18-20-22-24-25-26-27-29-31-33-35-37-39-42-54-45-46(56-57(52,53)55-43-41-50(4,5)6)44-49(47(51)48-9-3)40-38-36-34-32-30-28-23-21-19-17-15-13-11-8-2/h46H,7-45H2,1-6H3,(H-,48,51,52,53). The van der Waals surface area contributed by atoms with Gasteiger partial charge in [0.25, 0.3) is 7.82 Å². The summed E-state index contributed by atoms with van der Waals surface area (Å²) in [5, 5.41) is 2.90. The number of nitrogens with one attached hydrogen (secondary N) is 1. The van der Waals surface area contributed by atoms with Crippen LogP contribution in [0.5, 0.6) is 0 Å². The van der Waals surface area contributed by atoms with E-state index in [2.05, 4.69) is 19.2 Å². The van der Waals surface area contributed by atoms with E-state index in [0.29, 0.717) is 30.7 Å². The fourth-order valence-electron chi connectivity index (χ4n) is 7.36. The van der Waals surface area contributed by atoms with Crippen LogP contribution in [0.1, 0.15) is 226 Å². The van der Waals surface area contributed by atoms with Gasteiger partial charge in [0.2, 0.25) is 0 Å². The number of amides is 2. The van der Waals surface area contributed by atoms with Gasteiger partial charge in [0.1, 0.15) is 19.3 Å². The lowest BCUT2D eigenvalue weighted by atomic mass is 10.0. The average Bonchev–Trinajstić information content (AvgIpc) is 3.16. The van der Waals surface area contributed by atoms with Crippen molar-refractivity contribution >= 4 is 13.9 Å². The summed E-state index contributed by atoms with van der Waals surface area (Å²) in [6, 6.07) is -0.198. The third kappa shape index (κ3) is 41.8. The third-order valence-corrected chi connectivity index (χ3v) is 12.1. The minimum atomic E-state index is -4.59. The van der Waals surface area contributed by atoms with Crippen LogP contribution in [0, 0.1) is 0 Å². The molecule has 2 atom stereocenters. The van der Waals surface area contributed by atoms with Crippen LogP contribution in [0.15, 0.2) is 0 Å². The molecular formula is C47H98N3O6P. The van der Waals surface area contributed by atoms with Crippen LogP contribution in [-0.4, -0.2) is 88.7 Å². The molecule has 0 rings (SSSR count). The second-order valence-corrected chi connectivity index (χ2v) is 19.3. The summed E-state index contributed by atoms with van der Waals surface area (Å²) in [6.07, 6.45) is 40.9. The number of likely N-dealkylation sites (N-methyl/N-ethyl adjacent to an activating group) is 1. The van der Waals surface area contributed by atoms with Gasteiger partial charge in [0, 0.05) is 19.7 Å². The van der Waals surface area contributed by atoms with Gasteiger partial charge in [0.15, 0.2) is 0 Å². The summed E-state index contributed by atoms with van der Waals surface area (Å²) in [7, 11) is 1.36. The molecule has 2 amide bonds. The molecule has 0 aromatic heterocycles. The molecule has 0 aromatic carbocycles. The van der Waals surface area contributed by atoms with Gasteiger partial charge in [-0.15, -0.1) is 0 Å². The zero-order valence-corrected chi connectivity index (χ0v) is 39.8. The molecule has 57 heavy (non-hydrogen) atoms. The Balaban J connectivity index is 4.53. The van der Waals surface area contributed by atoms with Gasteiger partial charge in [-0.1, -0.05) is 206 Å². The Labute approximate surface area is 355 Å². The lowest BCUT2D eigenvalue weighted by molar-refractivity contribution is -0.870. The van der Waals surface area contributed by atoms with Crippen molar-refractivity contribution in [3.05, 3.63) is 0 Å². The first-order valence-corrected chi connectivity index (χ1v) is 26.1. The van der Waals surface area contributed by atoms with Crippen molar-refractivity contribution in [2.45, 2.75) is 232 Å². The number of carbonyl (C=O) groups is 1. The van der Waals surface area contributed by atoms with E-state index in [9.17, 15) is 14.3 Å². The molecule has 0 aliphatic heterocycles. The van der Waals surface area contributed by atoms with Crippen molar-refractivity contribution in [3.63, 3.8) is 0 Å². The highest BCUT2D eigenvalue weighted by Crippen LogP contribution is 2.40. The predicted octanol–water partition coefficient (Wildman–Crippen LogP) is 13.1. The van der Waals surface area contributed by atoms with Crippen LogP contribution in [0.2, 0.25) is 0 Å². The smallest absolute Gasteiger partial charge is 0.317 e. The van der Waals surface area contributed by atoms with Crippen LogP contribution in [0.4, 0.5) is 4.79 Å². The summed E-state index contributed by atoms with van der Waals surface area (Å²) < 4.78 is 30.3. The zero-order valence-electron chi connectivity index (χ0n) is 38.9. The second kappa shape index (κ2) is 40.7. The molecule has 0 fully saturated rings. The lowest BCUT2D eigenvalue weighted by Gasteiger charge is -2.33. The monoisotopic (exact) mass is 832 g/mol. The highest BCUT2D eigenvalue weighted by molar-refractivity contribution is 7.45. The first kappa shape index (κ1) is 56.3. The fraction of sp³-hybridized carbons (Fsp3) is 0.979. The maximum Gasteiger partial charge on any atom is 0.317 e. The molecule has 0 radical (unpaired) electrons. The summed E-state index contributed by atoms with van der Waals surface area (Å²) in [5.74, 6) is 0. The van der Waals surface area contributed by atoms with Crippen LogP contribution < -0.4 is 10.2 Å². The van der Waals surface area contributed by atoms with E-state index < -0.39 is 13.9 Å². The van der Waals surface area contributed by atoms with Gasteiger partial charge in [-0.3, -0.25) is 4.57 Å². The number of carbonyl (C=O) groups excluding carboxylic acids is 1. The van der Waals surface area contributed by atoms with E-state index in [-0.39, 0.29) is 25.8 Å².